The Balaban J connectivity index is 1.29. The summed E-state index contributed by atoms with van der Waals surface area (Å²) in [5.41, 5.74) is 3.45. The van der Waals surface area contributed by atoms with Gasteiger partial charge >= 0.3 is 0 Å². The van der Waals surface area contributed by atoms with Gasteiger partial charge in [-0.05, 0) is 44.9 Å². The van der Waals surface area contributed by atoms with Gasteiger partial charge in [0.15, 0.2) is 10.9 Å². The molecule has 1 atom stereocenters. The number of fused-ring (bicyclic) bond motifs is 1. The minimum atomic E-state index is -0.275. The van der Waals surface area contributed by atoms with Gasteiger partial charge in [-0.15, -0.1) is 11.3 Å². The Morgan fingerprint density at radius 1 is 1.25 bits per heavy atom. The Bertz CT molecular complexity index is 1140. The molecule has 4 heterocycles. The van der Waals surface area contributed by atoms with Crippen LogP contribution in [-0.2, 0) is 17.6 Å². The molecule has 166 valence electrons. The number of carbonyl (C=O) groups excluding carboxylic acids is 1. The van der Waals surface area contributed by atoms with Crippen molar-refractivity contribution in [1.29, 1.82) is 0 Å². The molecule has 0 bridgehead atoms. The van der Waals surface area contributed by atoms with E-state index in [0.717, 1.165) is 56.0 Å². The second kappa shape index (κ2) is 7.84. The third kappa shape index (κ3) is 3.52. The Morgan fingerprint density at radius 2 is 2.16 bits per heavy atom. The van der Waals surface area contributed by atoms with Crippen molar-refractivity contribution >= 4 is 40.0 Å². The molecule has 1 saturated heterocycles. The van der Waals surface area contributed by atoms with Gasteiger partial charge in [-0.2, -0.15) is 10.1 Å². The number of nitrogens with one attached hydrogen (secondary N) is 2. The second-order valence-electron chi connectivity index (χ2n) is 8.82. The minimum Gasteiger partial charge on any atom is -0.329 e. The van der Waals surface area contributed by atoms with Crippen LogP contribution < -0.4 is 15.1 Å². The quantitative estimate of drug-likeness (QED) is 0.593. The molecule has 32 heavy (non-hydrogen) atoms. The van der Waals surface area contributed by atoms with Crippen LogP contribution in [0.4, 0.5) is 22.7 Å². The molecule has 3 aromatic rings. The molecule has 0 aromatic carbocycles. The van der Waals surface area contributed by atoms with Crippen LogP contribution in [0.2, 0.25) is 0 Å². The number of aryl methyl sites for hydroxylation is 1. The molecule has 0 spiro atoms. The average Bonchev–Trinajstić information content (AvgIpc) is 3.32. The molecule has 6 rings (SSSR count). The number of rotatable bonds is 6. The van der Waals surface area contributed by atoms with Crippen molar-refractivity contribution < 1.29 is 4.79 Å². The zero-order chi connectivity index (χ0) is 21.7. The number of likely N-dealkylation sites (N-methyl/N-ethyl adjacent to an activating group) is 1. The maximum absolute atomic E-state index is 13.3. The number of H-pyrrole nitrogens is 1. The normalized spacial score (nSPS) is 19.9. The lowest BCUT2D eigenvalue weighted by Crippen LogP contribution is -2.45. The van der Waals surface area contributed by atoms with Crippen LogP contribution in [0.25, 0.3) is 0 Å². The highest BCUT2D eigenvalue weighted by Gasteiger charge is 2.36. The monoisotopic (exact) mass is 450 g/mol. The Hall–Kier alpha value is -3.01. The van der Waals surface area contributed by atoms with Gasteiger partial charge < -0.3 is 10.2 Å². The topological polar surface area (TPSA) is 103 Å². The summed E-state index contributed by atoms with van der Waals surface area (Å²) < 4.78 is 0. The first-order valence-electron chi connectivity index (χ1n) is 11.3. The third-order valence-corrected chi connectivity index (χ3v) is 7.46. The molecule has 2 aliphatic carbocycles. The zero-order valence-corrected chi connectivity index (χ0v) is 18.9. The van der Waals surface area contributed by atoms with Crippen molar-refractivity contribution in [1.82, 2.24) is 25.1 Å². The molecule has 1 saturated carbocycles. The first-order valence-corrected chi connectivity index (χ1v) is 12.2. The molecular formula is C22H26N8OS. The molecule has 3 aliphatic rings. The van der Waals surface area contributed by atoms with Crippen molar-refractivity contribution in [3.05, 3.63) is 34.6 Å². The standard InChI is InChI=1S/C22H26N8OS/c1-29(22-23-9-11-32-22)20(31)17-6-3-10-30(17)21-24-15-5-2-4-14(15)19(26-21)25-18-12-16(27-28-18)13-7-8-13/h9,11-13,17H,2-8,10H2,1H3,(H2,24,25,26,27,28). The lowest BCUT2D eigenvalue weighted by Gasteiger charge is -2.27. The van der Waals surface area contributed by atoms with E-state index in [2.05, 4.69) is 31.5 Å². The van der Waals surface area contributed by atoms with E-state index in [0.29, 0.717) is 17.0 Å². The van der Waals surface area contributed by atoms with Gasteiger partial charge in [-0.3, -0.25) is 14.8 Å². The molecule has 2 N–H and O–H groups in total. The van der Waals surface area contributed by atoms with E-state index in [1.807, 2.05) is 5.38 Å². The summed E-state index contributed by atoms with van der Waals surface area (Å²) in [5, 5.41) is 13.6. The predicted molar refractivity (Wildman–Crippen MR) is 124 cm³/mol. The van der Waals surface area contributed by atoms with Gasteiger partial charge in [0.25, 0.3) is 5.91 Å². The minimum absolute atomic E-state index is 0.0393. The molecule has 3 aromatic heterocycles. The number of anilines is 4. The largest absolute Gasteiger partial charge is 0.329 e. The first-order chi connectivity index (χ1) is 15.7. The summed E-state index contributed by atoms with van der Waals surface area (Å²) in [6.45, 7) is 0.772. The highest BCUT2D eigenvalue weighted by molar-refractivity contribution is 7.13. The van der Waals surface area contributed by atoms with Gasteiger partial charge in [0.2, 0.25) is 5.95 Å². The Labute approximate surface area is 190 Å². The Morgan fingerprint density at radius 3 is 2.97 bits per heavy atom. The fourth-order valence-electron chi connectivity index (χ4n) is 4.74. The predicted octanol–water partition coefficient (Wildman–Crippen LogP) is 3.40. The number of nitrogens with zero attached hydrogens (tertiary/aromatic N) is 6. The van der Waals surface area contributed by atoms with E-state index >= 15 is 0 Å². The van der Waals surface area contributed by atoms with Gasteiger partial charge in [0.05, 0.1) is 5.69 Å². The molecule has 0 radical (unpaired) electrons. The fourth-order valence-corrected chi connectivity index (χ4v) is 5.35. The number of hydrogen-bond acceptors (Lipinski definition) is 8. The smallest absolute Gasteiger partial charge is 0.251 e. The summed E-state index contributed by atoms with van der Waals surface area (Å²) in [6, 6.07) is 1.81. The fraction of sp³-hybridized carbons (Fsp3) is 0.500. The SMILES string of the molecule is CN(C(=O)C1CCCN1c1nc2c(c(Nc3cc(C4CC4)[nH]n3)n1)CCC2)c1nccs1. The third-order valence-electron chi connectivity index (χ3n) is 6.61. The van der Waals surface area contributed by atoms with Gasteiger partial charge in [0.1, 0.15) is 11.9 Å². The van der Waals surface area contributed by atoms with Crippen LogP contribution in [0, 0.1) is 0 Å². The number of thiazole rings is 1. The van der Waals surface area contributed by atoms with Crippen LogP contribution in [0.15, 0.2) is 17.6 Å². The second-order valence-corrected chi connectivity index (χ2v) is 9.70. The van der Waals surface area contributed by atoms with Crippen LogP contribution in [0.1, 0.15) is 55.0 Å². The van der Waals surface area contributed by atoms with Crippen LogP contribution in [0.5, 0.6) is 0 Å². The maximum atomic E-state index is 13.3. The highest BCUT2D eigenvalue weighted by Crippen LogP contribution is 2.40. The van der Waals surface area contributed by atoms with E-state index in [1.54, 1.807) is 18.1 Å². The van der Waals surface area contributed by atoms with Crippen molar-refractivity contribution in [3.8, 4) is 0 Å². The van der Waals surface area contributed by atoms with Crippen molar-refractivity contribution in [2.45, 2.75) is 56.9 Å². The highest BCUT2D eigenvalue weighted by atomic mass is 32.1. The molecule has 2 fully saturated rings. The summed E-state index contributed by atoms with van der Waals surface area (Å²) in [4.78, 5) is 31.1. The van der Waals surface area contributed by atoms with E-state index in [1.165, 1.54) is 35.4 Å². The van der Waals surface area contributed by atoms with Gasteiger partial charge in [0, 0.05) is 48.4 Å². The lowest BCUT2D eigenvalue weighted by atomic mass is 10.2. The summed E-state index contributed by atoms with van der Waals surface area (Å²) >= 11 is 1.47. The number of aromatic amines is 1. The van der Waals surface area contributed by atoms with Gasteiger partial charge in [-0.25, -0.2) is 9.97 Å². The summed E-state index contributed by atoms with van der Waals surface area (Å²) in [6.07, 6.45) is 8.90. The molecule has 9 nitrogen and oxygen atoms in total. The van der Waals surface area contributed by atoms with E-state index < -0.39 is 0 Å². The first kappa shape index (κ1) is 19.7. The molecule has 1 unspecified atom stereocenters. The molecule has 10 heteroatoms. The zero-order valence-electron chi connectivity index (χ0n) is 18.0. The Kier molecular flexibility index (Phi) is 4.82. The van der Waals surface area contributed by atoms with Gasteiger partial charge in [-0.1, -0.05) is 0 Å². The number of amides is 1. The maximum Gasteiger partial charge on any atom is 0.251 e. The molecular weight excluding hydrogens is 424 g/mol. The lowest BCUT2D eigenvalue weighted by molar-refractivity contribution is -0.119. The van der Waals surface area contributed by atoms with E-state index in [4.69, 9.17) is 9.97 Å². The van der Waals surface area contributed by atoms with Crippen LogP contribution in [0.3, 0.4) is 0 Å². The summed E-state index contributed by atoms with van der Waals surface area (Å²) in [5.74, 6) is 2.91. The molecule has 1 amide bonds. The van der Waals surface area contributed by atoms with E-state index in [9.17, 15) is 4.79 Å². The van der Waals surface area contributed by atoms with Crippen LogP contribution in [-0.4, -0.2) is 50.7 Å². The molecule has 1 aliphatic heterocycles. The van der Waals surface area contributed by atoms with Crippen molar-refractivity contribution in [2.75, 3.05) is 28.7 Å². The van der Waals surface area contributed by atoms with E-state index in [-0.39, 0.29) is 11.9 Å². The van der Waals surface area contributed by atoms with Crippen molar-refractivity contribution in [3.63, 3.8) is 0 Å². The average molecular weight is 451 g/mol. The van der Waals surface area contributed by atoms with Crippen molar-refractivity contribution in [2.24, 2.45) is 0 Å². The number of carbonyl (C=O) groups is 1. The van der Waals surface area contributed by atoms with Crippen LogP contribution >= 0.6 is 11.3 Å². The number of aromatic nitrogens is 5. The number of hydrogen-bond donors (Lipinski definition) is 2. The summed E-state index contributed by atoms with van der Waals surface area (Å²) in [7, 11) is 1.79.